The van der Waals surface area contributed by atoms with Crippen LogP contribution in [0.25, 0.3) is 0 Å². The second-order valence-corrected chi connectivity index (χ2v) is 11.8. The van der Waals surface area contributed by atoms with Gasteiger partial charge < -0.3 is 4.90 Å². The third-order valence-corrected chi connectivity index (χ3v) is 9.77. The maximum absolute atomic E-state index is 13.7. The van der Waals surface area contributed by atoms with Crippen molar-refractivity contribution >= 4 is 5.91 Å². The van der Waals surface area contributed by atoms with E-state index in [9.17, 15) is 4.79 Å². The highest BCUT2D eigenvalue weighted by atomic mass is 16.2. The summed E-state index contributed by atoms with van der Waals surface area (Å²) in [6.45, 7) is 5.59. The first-order valence-electron chi connectivity index (χ1n) is 12.7. The largest absolute Gasteiger partial charge is 0.342 e. The van der Waals surface area contributed by atoms with Gasteiger partial charge in [-0.1, -0.05) is 30.3 Å². The molecule has 0 N–H and O–H groups in total. The van der Waals surface area contributed by atoms with Gasteiger partial charge >= 0.3 is 0 Å². The van der Waals surface area contributed by atoms with Crippen LogP contribution in [0.2, 0.25) is 0 Å². The van der Waals surface area contributed by atoms with Crippen molar-refractivity contribution in [1.82, 2.24) is 9.80 Å². The summed E-state index contributed by atoms with van der Waals surface area (Å²) in [6.07, 6.45) is 13.0. The number of rotatable bonds is 3. The van der Waals surface area contributed by atoms with Crippen molar-refractivity contribution in [3.63, 3.8) is 0 Å². The van der Waals surface area contributed by atoms with Gasteiger partial charge in [0.05, 0.1) is 5.41 Å². The average Bonchev–Trinajstić information content (AvgIpc) is 2.75. The molecule has 4 aliphatic carbocycles. The molecule has 6 fully saturated rings. The van der Waals surface area contributed by atoms with Crippen molar-refractivity contribution in [1.29, 1.82) is 0 Å². The summed E-state index contributed by atoms with van der Waals surface area (Å²) in [7, 11) is 0. The summed E-state index contributed by atoms with van der Waals surface area (Å²) in [5.41, 5.74) is 1.99. The first-order chi connectivity index (χ1) is 14.6. The first-order valence-corrected chi connectivity index (χ1v) is 12.7. The Kier molecular flexibility index (Phi) is 4.75. The molecule has 0 radical (unpaired) electrons. The summed E-state index contributed by atoms with van der Waals surface area (Å²) in [5, 5.41) is 0. The molecular formula is C27H38N2O. The van der Waals surface area contributed by atoms with Crippen molar-refractivity contribution < 1.29 is 4.79 Å². The molecule has 162 valence electrons. The number of hydrogen-bond donors (Lipinski definition) is 0. The molecule has 4 bridgehead atoms. The molecule has 3 heteroatoms. The van der Waals surface area contributed by atoms with E-state index in [1.807, 2.05) is 0 Å². The lowest BCUT2D eigenvalue weighted by molar-refractivity contribution is -0.160. The number of piperidine rings is 2. The number of carbonyl (C=O) groups excluding carboxylic acids is 1. The van der Waals surface area contributed by atoms with Crippen molar-refractivity contribution in [2.45, 2.75) is 70.8 Å². The van der Waals surface area contributed by atoms with E-state index in [4.69, 9.17) is 0 Å². The topological polar surface area (TPSA) is 23.6 Å². The molecule has 0 unspecified atom stereocenters. The first kappa shape index (κ1) is 19.3. The third-order valence-electron chi connectivity index (χ3n) is 9.77. The maximum atomic E-state index is 13.7. The van der Waals surface area contributed by atoms with Gasteiger partial charge in [-0.2, -0.15) is 0 Å². The molecule has 2 heterocycles. The Balaban J connectivity index is 1.04. The molecule has 1 aromatic carbocycles. The third kappa shape index (κ3) is 3.42. The molecule has 6 aliphatic rings. The lowest BCUT2D eigenvalue weighted by atomic mass is 9.49. The van der Waals surface area contributed by atoms with Gasteiger partial charge in [0, 0.05) is 19.6 Å². The van der Waals surface area contributed by atoms with Gasteiger partial charge in [-0.3, -0.25) is 9.69 Å². The van der Waals surface area contributed by atoms with E-state index in [1.54, 1.807) is 0 Å². The number of nitrogens with zero attached hydrogens (tertiary/aromatic N) is 2. The van der Waals surface area contributed by atoms with Crippen LogP contribution in [0, 0.1) is 28.6 Å². The van der Waals surface area contributed by atoms with E-state index in [2.05, 4.69) is 40.1 Å². The van der Waals surface area contributed by atoms with Crippen LogP contribution in [0.3, 0.4) is 0 Å². The molecule has 7 rings (SSSR count). The fourth-order valence-corrected chi connectivity index (χ4v) is 8.42. The van der Waals surface area contributed by atoms with Crippen molar-refractivity contribution in [2.24, 2.45) is 28.6 Å². The zero-order chi connectivity index (χ0) is 20.2. The summed E-state index contributed by atoms with van der Waals surface area (Å²) in [4.78, 5) is 18.6. The van der Waals surface area contributed by atoms with E-state index in [0.29, 0.717) is 11.3 Å². The van der Waals surface area contributed by atoms with Gasteiger partial charge in [-0.15, -0.1) is 0 Å². The highest BCUT2D eigenvalue weighted by Gasteiger charge is 2.56. The van der Waals surface area contributed by atoms with Crippen LogP contribution < -0.4 is 0 Å². The fourth-order valence-electron chi connectivity index (χ4n) is 8.42. The normalized spacial score (nSPS) is 37.6. The van der Waals surface area contributed by atoms with Gasteiger partial charge in [0.2, 0.25) is 5.91 Å². The Morgan fingerprint density at radius 3 is 1.90 bits per heavy atom. The van der Waals surface area contributed by atoms with E-state index in [1.165, 1.54) is 82.9 Å². The van der Waals surface area contributed by atoms with Gasteiger partial charge in [-0.05, 0) is 106 Å². The highest BCUT2D eigenvalue weighted by molar-refractivity contribution is 5.83. The summed E-state index contributed by atoms with van der Waals surface area (Å²) >= 11 is 0. The molecule has 1 amide bonds. The number of hydrogen-bond acceptors (Lipinski definition) is 2. The molecule has 0 aromatic heterocycles. The minimum Gasteiger partial charge on any atom is -0.342 e. The number of amides is 1. The Morgan fingerprint density at radius 2 is 1.33 bits per heavy atom. The monoisotopic (exact) mass is 406 g/mol. The van der Waals surface area contributed by atoms with E-state index in [0.717, 1.165) is 37.4 Å². The lowest BCUT2D eigenvalue weighted by Gasteiger charge is -2.57. The summed E-state index contributed by atoms with van der Waals surface area (Å²) in [6, 6.07) is 10.9. The van der Waals surface area contributed by atoms with E-state index >= 15 is 0 Å². The SMILES string of the molecule is O=C(N1CCC2(CCN(Cc3ccccc3)CC2)CC1)C12CC3CC(CC(C3)C1)C2. The highest BCUT2D eigenvalue weighted by Crippen LogP contribution is 2.60. The van der Waals surface area contributed by atoms with Crippen LogP contribution in [0.1, 0.15) is 69.8 Å². The predicted octanol–water partition coefficient (Wildman–Crippen LogP) is 5.11. The molecule has 1 aromatic rings. The predicted molar refractivity (Wildman–Crippen MR) is 120 cm³/mol. The number of benzene rings is 1. The maximum Gasteiger partial charge on any atom is 0.228 e. The smallest absolute Gasteiger partial charge is 0.228 e. The number of likely N-dealkylation sites (tertiary alicyclic amines) is 2. The molecule has 4 saturated carbocycles. The Hall–Kier alpha value is -1.35. The van der Waals surface area contributed by atoms with Gasteiger partial charge in [0.1, 0.15) is 0 Å². The Bertz CT molecular complexity index is 734. The van der Waals surface area contributed by atoms with Crippen LogP contribution in [0.15, 0.2) is 30.3 Å². The minimum atomic E-state index is 0.0539. The van der Waals surface area contributed by atoms with Crippen molar-refractivity contribution in [3.8, 4) is 0 Å². The average molecular weight is 407 g/mol. The molecular weight excluding hydrogens is 368 g/mol. The molecule has 30 heavy (non-hydrogen) atoms. The molecule has 3 nitrogen and oxygen atoms in total. The van der Waals surface area contributed by atoms with Crippen LogP contribution in [0.4, 0.5) is 0 Å². The Labute approximate surface area is 182 Å². The minimum absolute atomic E-state index is 0.0539. The fraction of sp³-hybridized carbons (Fsp3) is 0.741. The van der Waals surface area contributed by atoms with E-state index < -0.39 is 0 Å². The second-order valence-electron chi connectivity index (χ2n) is 11.8. The molecule has 2 aliphatic heterocycles. The summed E-state index contributed by atoms with van der Waals surface area (Å²) < 4.78 is 0. The van der Waals surface area contributed by atoms with Crippen LogP contribution in [-0.2, 0) is 11.3 Å². The Morgan fingerprint density at radius 1 is 0.800 bits per heavy atom. The number of carbonyl (C=O) groups is 1. The van der Waals surface area contributed by atoms with Gasteiger partial charge in [0.25, 0.3) is 0 Å². The van der Waals surface area contributed by atoms with E-state index in [-0.39, 0.29) is 5.41 Å². The standard InChI is InChI=1S/C27H38N2O/c30-25(27-17-22-14-23(18-27)16-24(15-22)19-27)29-12-8-26(9-13-29)6-10-28(11-7-26)20-21-4-2-1-3-5-21/h1-5,22-24H,6-20H2. The van der Waals surface area contributed by atoms with Crippen LogP contribution >= 0.6 is 0 Å². The van der Waals surface area contributed by atoms with Crippen LogP contribution in [-0.4, -0.2) is 41.9 Å². The molecule has 2 saturated heterocycles. The second kappa shape index (κ2) is 7.36. The van der Waals surface area contributed by atoms with Crippen molar-refractivity contribution in [3.05, 3.63) is 35.9 Å². The summed E-state index contributed by atoms with van der Waals surface area (Å²) in [5.74, 6) is 3.17. The van der Waals surface area contributed by atoms with Crippen molar-refractivity contribution in [2.75, 3.05) is 26.2 Å². The van der Waals surface area contributed by atoms with Crippen LogP contribution in [0.5, 0.6) is 0 Å². The molecule has 0 atom stereocenters. The zero-order valence-corrected chi connectivity index (χ0v) is 18.5. The lowest BCUT2D eigenvalue weighted by Crippen LogP contribution is -2.57. The molecule has 1 spiro atoms. The van der Waals surface area contributed by atoms with Gasteiger partial charge in [0.15, 0.2) is 0 Å². The quantitative estimate of drug-likeness (QED) is 0.697. The van der Waals surface area contributed by atoms with Gasteiger partial charge in [-0.25, -0.2) is 0 Å². The zero-order valence-electron chi connectivity index (χ0n) is 18.5.